The van der Waals surface area contributed by atoms with E-state index in [2.05, 4.69) is 17.1 Å². The fraction of sp³-hybridized carbons (Fsp3) is 0.286. The number of benzene rings is 1. The number of aliphatic carboxylic acids is 1. The van der Waals surface area contributed by atoms with Gasteiger partial charge in [0.05, 0.1) is 5.69 Å². The second kappa shape index (κ2) is 4.75. The Bertz CT molecular complexity index is 602. The Balaban J connectivity index is 1.83. The standard InChI is InChI=1S/C14H14N2O2S/c15-12(14(17)18)11-7-19-13(16-11)10-5-3-9(4-6-10)8-1-2-8/h3-8,12H,1-2,15H2,(H,17,18). The molecule has 1 heterocycles. The minimum Gasteiger partial charge on any atom is -0.480 e. The molecule has 4 nitrogen and oxygen atoms in total. The van der Waals surface area contributed by atoms with Gasteiger partial charge in [0.1, 0.15) is 11.0 Å². The van der Waals surface area contributed by atoms with Crippen LogP contribution in [0.1, 0.15) is 36.1 Å². The maximum Gasteiger partial charge on any atom is 0.326 e. The predicted octanol–water partition coefficient (Wildman–Crippen LogP) is 2.77. The second-order valence-electron chi connectivity index (χ2n) is 4.79. The van der Waals surface area contributed by atoms with E-state index in [1.807, 2.05) is 12.1 Å². The van der Waals surface area contributed by atoms with E-state index >= 15 is 0 Å². The molecule has 0 bridgehead atoms. The highest BCUT2D eigenvalue weighted by atomic mass is 32.1. The molecule has 98 valence electrons. The lowest BCUT2D eigenvalue weighted by atomic mass is 10.1. The molecule has 0 saturated heterocycles. The van der Waals surface area contributed by atoms with Crippen molar-refractivity contribution in [3.8, 4) is 10.6 Å². The summed E-state index contributed by atoms with van der Waals surface area (Å²) in [5.74, 6) is -0.317. The Morgan fingerprint density at radius 2 is 2.05 bits per heavy atom. The first-order chi connectivity index (χ1) is 9.15. The van der Waals surface area contributed by atoms with Crippen molar-refractivity contribution in [1.82, 2.24) is 4.98 Å². The van der Waals surface area contributed by atoms with E-state index in [4.69, 9.17) is 10.8 Å². The van der Waals surface area contributed by atoms with Gasteiger partial charge in [-0.05, 0) is 24.3 Å². The summed E-state index contributed by atoms with van der Waals surface area (Å²) < 4.78 is 0. The number of aromatic nitrogens is 1. The number of hydrogen-bond donors (Lipinski definition) is 2. The summed E-state index contributed by atoms with van der Waals surface area (Å²) in [6, 6.07) is 7.30. The van der Waals surface area contributed by atoms with Crippen molar-refractivity contribution in [1.29, 1.82) is 0 Å². The summed E-state index contributed by atoms with van der Waals surface area (Å²) in [4.78, 5) is 15.1. The minimum atomic E-state index is -1.05. The first-order valence-corrected chi connectivity index (χ1v) is 7.07. The number of carboxylic acids is 1. The van der Waals surface area contributed by atoms with Crippen LogP contribution in [-0.2, 0) is 4.79 Å². The van der Waals surface area contributed by atoms with Gasteiger partial charge in [-0.1, -0.05) is 24.3 Å². The highest BCUT2D eigenvalue weighted by molar-refractivity contribution is 7.13. The van der Waals surface area contributed by atoms with Crippen LogP contribution in [0.4, 0.5) is 0 Å². The number of nitrogens with zero attached hydrogens (tertiary/aromatic N) is 1. The number of hydrogen-bond acceptors (Lipinski definition) is 4. The van der Waals surface area contributed by atoms with Gasteiger partial charge >= 0.3 is 5.97 Å². The molecule has 0 amide bonds. The molecule has 2 aromatic rings. The Labute approximate surface area is 114 Å². The normalized spacial score (nSPS) is 16.3. The molecule has 1 atom stereocenters. The minimum absolute atomic E-state index is 0.416. The second-order valence-corrected chi connectivity index (χ2v) is 5.65. The zero-order valence-electron chi connectivity index (χ0n) is 10.2. The van der Waals surface area contributed by atoms with Crippen molar-refractivity contribution in [2.75, 3.05) is 0 Å². The Hall–Kier alpha value is -1.72. The molecular weight excluding hydrogens is 260 g/mol. The van der Waals surface area contributed by atoms with Crippen LogP contribution in [0.25, 0.3) is 10.6 Å². The summed E-state index contributed by atoms with van der Waals surface area (Å²) in [7, 11) is 0. The first-order valence-electron chi connectivity index (χ1n) is 6.19. The number of rotatable bonds is 4. The fourth-order valence-corrected chi connectivity index (χ4v) is 2.86. The van der Waals surface area contributed by atoms with Crippen LogP contribution in [0.15, 0.2) is 29.6 Å². The molecule has 3 rings (SSSR count). The third-order valence-corrected chi connectivity index (χ3v) is 4.22. The SMILES string of the molecule is NC(C(=O)O)c1csc(-c2ccc(C3CC3)cc2)n1. The van der Waals surface area contributed by atoms with Crippen molar-refractivity contribution in [2.45, 2.75) is 24.8 Å². The van der Waals surface area contributed by atoms with Gasteiger partial charge in [0.25, 0.3) is 0 Å². The van der Waals surface area contributed by atoms with Gasteiger partial charge in [-0.3, -0.25) is 4.79 Å². The van der Waals surface area contributed by atoms with Gasteiger partial charge in [-0.25, -0.2) is 4.98 Å². The zero-order chi connectivity index (χ0) is 13.4. The van der Waals surface area contributed by atoms with Crippen molar-refractivity contribution < 1.29 is 9.90 Å². The number of nitrogens with two attached hydrogens (primary N) is 1. The lowest BCUT2D eigenvalue weighted by molar-refractivity contribution is -0.138. The molecule has 1 aliphatic rings. The third kappa shape index (κ3) is 2.52. The zero-order valence-corrected chi connectivity index (χ0v) is 11.1. The van der Waals surface area contributed by atoms with Gasteiger partial charge in [0, 0.05) is 10.9 Å². The average Bonchev–Trinajstić information content (AvgIpc) is 3.15. The van der Waals surface area contributed by atoms with Gasteiger partial charge < -0.3 is 10.8 Å². The largest absolute Gasteiger partial charge is 0.480 e. The van der Waals surface area contributed by atoms with E-state index in [1.54, 1.807) is 5.38 Å². The summed E-state index contributed by atoms with van der Waals surface area (Å²) >= 11 is 1.42. The van der Waals surface area contributed by atoms with E-state index in [0.29, 0.717) is 5.69 Å². The fourth-order valence-electron chi connectivity index (χ4n) is 2.00. The smallest absolute Gasteiger partial charge is 0.326 e. The number of thiazole rings is 1. The van der Waals surface area contributed by atoms with Crippen LogP contribution >= 0.6 is 11.3 Å². The monoisotopic (exact) mass is 274 g/mol. The van der Waals surface area contributed by atoms with Crippen molar-refractivity contribution in [2.24, 2.45) is 5.73 Å². The van der Waals surface area contributed by atoms with Crippen LogP contribution in [0.5, 0.6) is 0 Å². The van der Waals surface area contributed by atoms with Crippen molar-refractivity contribution >= 4 is 17.3 Å². The molecule has 19 heavy (non-hydrogen) atoms. The molecule has 0 aliphatic heterocycles. The third-order valence-electron chi connectivity index (χ3n) is 3.31. The van der Waals surface area contributed by atoms with E-state index in [1.165, 1.54) is 29.7 Å². The van der Waals surface area contributed by atoms with Crippen LogP contribution in [0, 0.1) is 0 Å². The summed E-state index contributed by atoms with van der Waals surface area (Å²) in [5.41, 5.74) is 8.35. The van der Waals surface area contributed by atoms with Gasteiger partial charge in [-0.2, -0.15) is 0 Å². The molecule has 0 spiro atoms. The molecule has 1 unspecified atom stereocenters. The summed E-state index contributed by atoms with van der Waals surface area (Å²) in [5, 5.41) is 11.4. The van der Waals surface area contributed by atoms with Crippen LogP contribution in [-0.4, -0.2) is 16.1 Å². The highest BCUT2D eigenvalue weighted by Gasteiger charge is 2.23. The van der Waals surface area contributed by atoms with E-state index in [9.17, 15) is 4.79 Å². The quantitative estimate of drug-likeness (QED) is 0.898. The molecular formula is C14H14N2O2S. The van der Waals surface area contributed by atoms with Crippen LogP contribution < -0.4 is 5.73 Å². The topological polar surface area (TPSA) is 76.2 Å². The first kappa shape index (κ1) is 12.3. The number of carboxylic acid groups (broad SMARTS) is 1. The van der Waals surface area contributed by atoms with Crippen molar-refractivity contribution in [3.63, 3.8) is 0 Å². The van der Waals surface area contributed by atoms with Gasteiger partial charge in [0.15, 0.2) is 0 Å². The Morgan fingerprint density at radius 3 is 2.63 bits per heavy atom. The maximum atomic E-state index is 10.8. The molecule has 5 heteroatoms. The van der Waals surface area contributed by atoms with Gasteiger partial charge in [0.2, 0.25) is 0 Å². The van der Waals surface area contributed by atoms with E-state index in [0.717, 1.165) is 16.5 Å². The highest BCUT2D eigenvalue weighted by Crippen LogP contribution is 2.40. The van der Waals surface area contributed by atoms with Crippen molar-refractivity contribution in [3.05, 3.63) is 40.9 Å². The van der Waals surface area contributed by atoms with Gasteiger partial charge in [-0.15, -0.1) is 11.3 Å². The Morgan fingerprint density at radius 1 is 1.37 bits per heavy atom. The Kier molecular flexibility index (Phi) is 3.08. The average molecular weight is 274 g/mol. The molecule has 3 N–H and O–H groups in total. The molecule has 1 aliphatic carbocycles. The molecule has 1 fully saturated rings. The lowest BCUT2D eigenvalue weighted by Crippen LogP contribution is -2.20. The van der Waals surface area contributed by atoms with E-state index in [-0.39, 0.29) is 0 Å². The van der Waals surface area contributed by atoms with E-state index < -0.39 is 12.0 Å². The maximum absolute atomic E-state index is 10.8. The molecule has 0 radical (unpaired) electrons. The predicted molar refractivity (Wildman–Crippen MR) is 74.1 cm³/mol. The summed E-state index contributed by atoms with van der Waals surface area (Å²) in [6.45, 7) is 0. The lowest BCUT2D eigenvalue weighted by Gasteiger charge is -2.02. The van der Waals surface area contributed by atoms with Crippen LogP contribution in [0.3, 0.4) is 0 Å². The van der Waals surface area contributed by atoms with Crippen LogP contribution in [0.2, 0.25) is 0 Å². The number of carbonyl (C=O) groups is 1. The summed E-state index contributed by atoms with van der Waals surface area (Å²) in [6.07, 6.45) is 2.57. The molecule has 1 saturated carbocycles. The molecule has 1 aromatic carbocycles. The molecule has 1 aromatic heterocycles.